The molecular formula is C16H18N2O. The Hall–Kier alpha value is -1.45. The fraction of sp³-hybridized carbons (Fsp3) is 0.438. The summed E-state index contributed by atoms with van der Waals surface area (Å²) in [6, 6.07) is 8.90. The van der Waals surface area contributed by atoms with Crippen LogP contribution in [-0.4, -0.2) is 34.1 Å². The molecule has 1 aliphatic carbocycles. The molecule has 1 N–H and O–H groups in total. The second-order valence-corrected chi connectivity index (χ2v) is 5.89. The van der Waals surface area contributed by atoms with Crippen molar-refractivity contribution in [1.29, 1.82) is 0 Å². The van der Waals surface area contributed by atoms with Gasteiger partial charge in [-0.15, -0.1) is 0 Å². The number of aromatic nitrogens is 1. The fourth-order valence-corrected chi connectivity index (χ4v) is 3.32. The van der Waals surface area contributed by atoms with Crippen LogP contribution in [0.5, 0.6) is 0 Å². The lowest BCUT2D eigenvalue weighted by Gasteiger charge is -2.25. The predicted octanol–water partition coefficient (Wildman–Crippen LogP) is 2.29. The van der Waals surface area contributed by atoms with Crippen molar-refractivity contribution in [2.24, 2.45) is 0 Å². The van der Waals surface area contributed by atoms with Gasteiger partial charge in [-0.25, -0.2) is 0 Å². The lowest BCUT2D eigenvalue weighted by Crippen LogP contribution is -2.32. The minimum Gasteiger partial charge on any atom is -0.384 e. The molecule has 2 fully saturated rings. The van der Waals surface area contributed by atoms with Gasteiger partial charge in [0.05, 0.1) is 0 Å². The highest BCUT2D eigenvalue weighted by atomic mass is 16.3. The summed E-state index contributed by atoms with van der Waals surface area (Å²) in [4.78, 5) is 6.61. The number of benzene rings is 1. The van der Waals surface area contributed by atoms with Crippen molar-refractivity contribution in [1.82, 2.24) is 9.88 Å². The van der Waals surface area contributed by atoms with Gasteiger partial charge in [0.1, 0.15) is 5.60 Å². The lowest BCUT2D eigenvalue weighted by atomic mass is 9.89. The molecule has 0 radical (unpaired) electrons. The van der Waals surface area contributed by atoms with Gasteiger partial charge < -0.3 is 5.11 Å². The molecule has 2 aliphatic rings. The van der Waals surface area contributed by atoms with Crippen molar-refractivity contribution in [2.75, 3.05) is 13.1 Å². The summed E-state index contributed by atoms with van der Waals surface area (Å²) in [5.41, 5.74) is 0.374. The molecular weight excluding hydrogens is 236 g/mol. The SMILES string of the molecule is OC1(c2cccc3cnccc23)CCN(C2CC2)C1. The molecule has 1 atom stereocenters. The Kier molecular flexibility index (Phi) is 2.41. The van der Waals surface area contributed by atoms with E-state index in [1.54, 1.807) is 0 Å². The summed E-state index contributed by atoms with van der Waals surface area (Å²) in [6.45, 7) is 1.79. The van der Waals surface area contributed by atoms with E-state index in [1.807, 2.05) is 24.5 Å². The number of rotatable bonds is 2. The minimum atomic E-state index is -0.691. The molecule has 3 heteroatoms. The van der Waals surface area contributed by atoms with Crippen LogP contribution >= 0.6 is 0 Å². The fourth-order valence-electron chi connectivity index (χ4n) is 3.32. The van der Waals surface area contributed by atoms with E-state index in [2.05, 4.69) is 22.0 Å². The highest BCUT2D eigenvalue weighted by Crippen LogP contribution is 2.40. The van der Waals surface area contributed by atoms with E-state index in [1.165, 1.54) is 12.8 Å². The first kappa shape index (κ1) is 11.4. The Balaban J connectivity index is 1.77. The summed E-state index contributed by atoms with van der Waals surface area (Å²) in [6.07, 6.45) is 7.12. The van der Waals surface area contributed by atoms with Crippen LogP contribution < -0.4 is 0 Å². The highest BCUT2D eigenvalue weighted by Gasteiger charge is 2.43. The van der Waals surface area contributed by atoms with Gasteiger partial charge in [0.25, 0.3) is 0 Å². The molecule has 1 unspecified atom stereocenters. The topological polar surface area (TPSA) is 36.4 Å². The van der Waals surface area contributed by atoms with E-state index in [4.69, 9.17) is 0 Å². The third-order valence-corrected chi connectivity index (χ3v) is 4.52. The third-order valence-electron chi connectivity index (χ3n) is 4.52. The van der Waals surface area contributed by atoms with Crippen LogP contribution in [0.3, 0.4) is 0 Å². The molecule has 2 aromatic rings. The van der Waals surface area contributed by atoms with E-state index in [0.29, 0.717) is 0 Å². The smallest absolute Gasteiger partial charge is 0.104 e. The van der Waals surface area contributed by atoms with Gasteiger partial charge in [0.15, 0.2) is 0 Å². The van der Waals surface area contributed by atoms with Crippen molar-refractivity contribution in [3.05, 3.63) is 42.2 Å². The van der Waals surface area contributed by atoms with Crippen molar-refractivity contribution in [3.8, 4) is 0 Å². The standard InChI is InChI=1S/C16H18N2O/c19-16(7-9-18(11-16)13-4-5-13)15-3-1-2-12-10-17-8-6-14(12)15/h1-3,6,8,10,13,19H,4-5,7,9,11H2. The first-order chi connectivity index (χ1) is 9.26. The highest BCUT2D eigenvalue weighted by molar-refractivity contribution is 5.85. The molecule has 1 saturated carbocycles. The molecule has 1 aromatic heterocycles. The summed E-state index contributed by atoms with van der Waals surface area (Å²) in [5, 5.41) is 13.3. The number of fused-ring (bicyclic) bond motifs is 1. The Bertz CT molecular complexity index is 618. The van der Waals surface area contributed by atoms with Crippen molar-refractivity contribution >= 4 is 10.8 Å². The van der Waals surface area contributed by atoms with E-state index in [-0.39, 0.29) is 0 Å². The Morgan fingerprint density at radius 1 is 1.26 bits per heavy atom. The van der Waals surface area contributed by atoms with Gasteiger partial charge in [-0.3, -0.25) is 9.88 Å². The molecule has 0 spiro atoms. The zero-order valence-corrected chi connectivity index (χ0v) is 10.9. The molecule has 3 nitrogen and oxygen atoms in total. The second-order valence-electron chi connectivity index (χ2n) is 5.89. The van der Waals surface area contributed by atoms with Gasteiger partial charge in [0, 0.05) is 36.9 Å². The first-order valence-electron chi connectivity index (χ1n) is 7.06. The Morgan fingerprint density at radius 3 is 3.00 bits per heavy atom. The maximum absolute atomic E-state index is 11.0. The van der Waals surface area contributed by atoms with Gasteiger partial charge in [-0.1, -0.05) is 18.2 Å². The second kappa shape index (κ2) is 4.02. The van der Waals surface area contributed by atoms with Crippen molar-refractivity contribution in [2.45, 2.75) is 30.9 Å². The number of aliphatic hydroxyl groups is 1. The van der Waals surface area contributed by atoms with Crippen LogP contribution in [0.15, 0.2) is 36.7 Å². The van der Waals surface area contributed by atoms with E-state index in [9.17, 15) is 5.11 Å². The average molecular weight is 254 g/mol. The molecule has 2 heterocycles. The van der Waals surface area contributed by atoms with Gasteiger partial charge in [0.2, 0.25) is 0 Å². The maximum Gasteiger partial charge on any atom is 0.104 e. The predicted molar refractivity (Wildman–Crippen MR) is 74.9 cm³/mol. The molecule has 1 saturated heterocycles. The third kappa shape index (κ3) is 1.85. The van der Waals surface area contributed by atoms with Crippen LogP contribution in [0.1, 0.15) is 24.8 Å². The largest absolute Gasteiger partial charge is 0.384 e. The number of nitrogens with zero attached hydrogens (tertiary/aromatic N) is 2. The van der Waals surface area contributed by atoms with E-state index >= 15 is 0 Å². The quantitative estimate of drug-likeness (QED) is 0.893. The van der Waals surface area contributed by atoms with E-state index < -0.39 is 5.60 Å². The molecule has 19 heavy (non-hydrogen) atoms. The maximum atomic E-state index is 11.0. The Labute approximate surface area is 112 Å². The van der Waals surface area contributed by atoms with Crippen LogP contribution in [0.4, 0.5) is 0 Å². The first-order valence-corrected chi connectivity index (χ1v) is 7.06. The van der Waals surface area contributed by atoms with Crippen LogP contribution in [0.2, 0.25) is 0 Å². The molecule has 1 aromatic carbocycles. The number of hydrogen-bond donors (Lipinski definition) is 1. The lowest BCUT2D eigenvalue weighted by molar-refractivity contribution is 0.0467. The normalized spacial score (nSPS) is 28.1. The number of likely N-dealkylation sites (tertiary alicyclic amines) is 1. The van der Waals surface area contributed by atoms with Gasteiger partial charge in [-0.05, 0) is 36.3 Å². The number of hydrogen-bond acceptors (Lipinski definition) is 3. The van der Waals surface area contributed by atoms with Crippen LogP contribution in [0, 0.1) is 0 Å². The number of β-amino-alcohol motifs (C(OH)–C–C–N with tert-alkyl or cyclic N) is 1. The van der Waals surface area contributed by atoms with Gasteiger partial charge in [-0.2, -0.15) is 0 Å². The molecule has 0 amide bonds. The number of pyridine rings is 1. The molecule has 0 bridgehead atoms. The zero-order valence-electron chi connectivity index (χ0n) is 10.9. The van der Waals surface area contributed by atoms with Crippen molar-refractivity contribution in [3.63, 3.8) is 0 Å². The summed E-state index contributed by atoms with van der Waals surface area (Å²) < 4.78 is 0. The van der Waals surface area contributed by atoms with Gasteiger partial charge >= 0.3 is 0 Å². The summed E-state index contributed by atoms with van der Waals surface area (Å²) >= 11 is 0. The molecule has 98 valence electrons. The summed E-state index contributed by atoms with van der Waals surface area (Å²) in [7, 11) is 0. The minimum absolute atomic E-state index is 0.691. The molecule has 4 rings (SSSR count). The van der Waals surface area contributed by atoms with E-state index in [0.717, 1.165) is 41.9 Å². The monoisotopic (exact) mass is 254 g/mol. The van der Waals surface area contributed by atoms with Crippen molar-refractivity contribution < 1.29 is 5.11 Å². The average Bonchev–Trinajstić information content (AvgIpc) is 3.22. The van der Waals surface area contributed by atoms with Crippen LogP contribution in [-0.2, 0) is 5.60 Å². The zero-order chi connectivity index (χ0) is 12.9. The molecule has 1 aliphatic heterocycles. The summed E-state index contributed by atoms with van der Waals surface area (Å²) in [5.74, 6) is 0. The van der Waals surface area contributed by atoms with Crippen LogP contribution in [0.25, 0.3) is 10.8 Å². The Morgan fingerprint density at radius 2 is 2.16 bits per heavy atom.